The Hall–Kier alpha value is -0.420. The molecule has 1 atom stereocenters. The van der Waals surface area contributed by atoms with Gasteiger partial charge in [-0.05, 0) is 37.9 Å². The van der Waals surface area contributed by atoms with Crippen LogP contribution in [0.2, 0.25) is 0 Å². The third kappa shape index (κ3) is 5.28. The van der Waals surface area contributed by atoms with Gasteiger partial charge in [0.2, 0.25) is 0 Å². The van der Waals surface area contributed by atoms with E-state index in [0.717, 1.165) is 13.0 Å². The number of thiophene rings is 1. The highest BCUT2D eigenvalue weighted by Gasteiger charge is 2.07. The normalized spacial score (nSPS) is 13.3. The maximum atomic E-state index is 9.56. The molecule has 4 heteroatoms. The Bertz CT molecular complexity index is 251. The fraction of sp³-hybridized carbons (Fsp3) is 0.636. The molecule has 86 valence electrons. The van der Waals surface area contributed by atoms with E-state index in [1.807, 2.05) is 7.05 Å². The van der Waals surface area contributed by atoms with Crippen LogP contribution in [0.1, 0.15) is 11.3 Å². The fourth-order valence-electron chi connectivity index (χ4n) is 1.49. The maximum Gasteiger partial charge on any atom is 0.0679 e. The number of rotatable bonds is 7. The second-order valence-electron chi connectivity index (χ2n) is 3.82. The molecular formula is C11H20N2OS. The summed E-state index contributed by atoms with van der Waals surface area (Å²) >= 11 is 1.78. The van der Waals surface area contributed by atoms with Crippen molar-refractivity contribution in [2.24, 2.45) is 5.73 Å². The first-order chi connectivity index (χ1) is 7.22. The molecule has 0 amide bonds. The second-order valence-corrected chi connectivity index (χ2v) is 4.86. The second kappa shape index (κ2) is 6.95. The number of nitrogens with two attached hydrogens (primary N) is 1. The summed E-state index contributed by atoms with van der Waals surface area (Å²) in [5, 5.41) is 11.7. The number of hydrogen-bond acceptors (Lipinski definition) is 4. The van der Waals surface area contributed by atoms with Gasteiger partial charge in [-0.1, -0.05) is 6.07 Å². The minimum absolute atomic E-state index is 0.289. The van der Waals surface area contributed by atoms with Crippen molar-refractivity contribution >= 4 is 11.3 Å². The van der Waals surface area contributed by atoms with Crippen LogP contribution >= 0.6 is 11.3 Å². The Morgan fingerprint density at radius 2 is 2.40 bits per heavy atom. The highest BCUT2D eigenvalue weighted by molar-refractivity contribution is 7.09. The lowest BCUT2D eigenvalue weighted by atomic mass is 10.2. The van der Waals surface area contributed by atoms with Crippen LogP contribution in [0.15, 0.2) is 17.5 Å². The smallest absolute Gasteiger partial charge is 0.0679 e. The zero-order valence-electron chi connectivity index (χ0n) is 9.22. The molecule has 3 nitrogen and oxygen atoms in total. The fourth-order valence-corrected chi connectivity index (χ4v) is 2.19. The van der Waals surface area contributed by atoms with Crippen LogP contribution in [0, 0.1) is 0 Å². The van der Waals surface area contributed by atoms with E-state index in [1.54, 1.807) is 11.3 Å². The average molecular weight is 228 g/mol. The van der Waals surface area contributed by atoms with Crippen molar-refractivity contribution in [2.45, 2.75) is 18.9 Å². The minimum Gasteiger partial charge on any atom is -0.392 e. The van der Waals surface area contributed by atoms with Gasteiger partial charge in [-0.15, -0.1) is 11.3 Å². The zero-order chi connectivity index (χ0) is 11.1. The van der Waals surface area contributed by atoms with E-state index >= 15 is 0 Å². The zero-order valence-corrected chi connectivity index (χ0v) is 10.0. The minimum atomic E-state index is -0.289. The summed E-state index contributed by atoms with van der Waals surface area (Å²) in [5.74, 6) is 0. The third-order valence-electron chi connectivity index (χ3n) is 2.34. The maximum absolute atomic E-state index is 9.56. The molecular weight excluding hydrogens is 208 g/mol. The Kier molecular flexibility index (Phi) is 5.86. The van der Waals surface area contributed by atoms with E-state index in [9.17, 15) is 5.11 Å². The lowest BCUT2D eigenvalue weighted by molar-refractivity contribution is 0.120. The Morgan fingerprint density at radius 3 is 3.00 bits per heavy atom. The standard InChI is InChI=1S/C11H20N2OS/c1-13(9-10(14)4-6-12)7-5-11-3-2-8-15-11/h2-3,8,10,14H,4-7,9,12H2,1H3. The van der Waals surface area contributed by atoms with E-state index in [-0.39, 0.29) is 6.10 Å². The summed E-state index contributed by atoms with van der Waals surface area (Å²) < 4.78 is 0. The van der Waals surface area contributed by atoms with Crippen LogP contribution in [-0.2, 0) is 6.42 Å². The predicted octanol–water partition coefficient (Wildman–Crippen LogP) is 0.932. The van der Waals surface area contributed by atoms with Crippen molar-refractivity contribution in [1.82, 2.24) is 4.90 Å². The van der Waals surface area contributed by atoms with Gasteiger partial charge in [-0.25, -0.2) is 0 Å². The van der Waals surface area contributed by atoms with E-state index in [2.05, 4.69) is 22.4 Å². The van der Waals surface area contributed by atoms with E-state index in [1.165, 1.54) is 4.88 Å². The molecule has 0 radical (unpaired) electrons. The van der Waals surface area contributed by atoms with Gasteiger partial charge in [-0.3, -0.25) is 0 Å². The highest BCUT2D eigenvalue weighted by Crippen LogP contribution is 2.09. The van der Waals surface area contributed by atoms with Gasteiger partial charge in [0.05, 0.1) is 6.10 Å². The Balaban J connectivity index is 2.15. The Labute approximate surface area is 95.5 Å². The molecule has 0 aliphatic rings. The van der Waals surface area contributed by atoms with Crippen LogP contribution in [0.4, 0.5) is 0 Å². The molecule has 0 aliphatic carbocycles. The van der Waals surface area contributed by atoms with Crippen molar-refractivity contribution in [3.63, 3.8) is 0 Å². The number of hydrogen-bond donors (Lipinski definition) is 2. The number of likely N-dealkylation sites (N-methyl/N-ethyl adjacent to an activating group) is 1. The molecule has 0 spiro atoms. The van der Waals surface area contributed by atoms with E-state index < -0.39 is 0 Å². The monoisotopic (exact) mass is 228 g/mol. The van der Waals surface area contributed by atoms with E-state index in [4.69, 9.17) is 5.73 Å². The molecule has 1 aromatic rings. The number of aliphatic hydroxyl groups is 1. The lowest BCUT2D eigenvalue weighted by Gasteiger charge is -2.19. The lowest BCUT2D eigenvalue weighted by Crippen LogP contribution is -2.31. The first-order valence-electron chi connectivity index (χ1n) is 5.31. The van der Waals surface area contributed by atoms with Crippen molar-refractivity contribution in [3.8, 4) is 0 Å². The molecule has 0 saturated carbocycles. The van der Waals surface area contributed by atoms with Crippen LogP contribution in [0.3, 0.4) is 0 Å². The Morgan fingerprint density at radius 1 is 1.60 bits per heavy atom. The van der Waals surface area contributed by atoms with Gasteiger partial charge in [0.1, 0.15) is 0 Å². The van der Waals surface area contributed by atoms with Gasteiger partial charge in [0, 0.05) is 18.0 Å². The van der Waals surface area contributed by atoms with E-state index in [0.29, 0.717) is 19.5 Å². The first kappa shape index (κ1) is 12.6. The molecule has 0 aromatic carbocycles. The average Bonchev–Trinajstić information content (AvgIpc) is 2.67. The summed E-state index contributed by atoms with van der Waals surface area (Å²) in [6, 6.07) is 4.22. The van der Waals surface area contributed by atoms with Crippen LogP contribution in [-0.4, -0.2) is 42.8 Å². The number of aliphatic hydroxyl groups excluding tert-OH is 1. The van der Waals surface area contributed by atoms with Crippen molar-refractivity contribution in [3.05, 3.63) is 22.4 Å². The quantitative estimate of drug-likeness (QED) is 0.730. The van der Waals surface area contributed by atoms with Gasteiger partial charge in [0.25, 0.3) is 0 Å². The summed E-state index contributed by atoms with van der Waals surface area (Å²) in [6.07, 6.45) is 1.45. The van der Waals surface area contributed by atoms with Crippen LogP contribution in [0.25, 0.3) is 0 Å². The van der Waals surface area contributed by atoms with Gasteiger partial charge in [0.15, 0.2) is 0 Å². The summed E-state index contributed by atoms with van der Waals surface area (Å²) in [4.78, 5) is 3.55. The predicted molar refractivity (Wildman–Crippen MR) is 65.2 cm³/mol. The third-order valence-corrected chi connectivity index (χ3v) is 3.28. The molecule has 0 aliphatic heterocycles. The summed E-state index contributed by atoms with van der Waals surface area (Å²) in [5.41, 5.74) is 5.38. The molecule has 1 unspecified atom stereocenters. The molecule has 1 aromatic heterocycles. The molecule has 1 rings (SSSR count). The van der Waals surface area contributed by atoms with Crippen molar-refractivity contribution in [2.75, 3.05) is 26.7 Å². The first-order valence-corrected chi connectivity index (χ1v) is 6.19. The molecule has 0 fully saturated rings. The topological polar surface area (TPSA) is 49.5 Å². The van der Waals surface area contributed by atoms with Crippen molar-refractivity contribution < 1.29 is 5.11 Å². The molecule has 1 heterocycles. The van der Waals surface area contributed by atoms with Gasteiger partial charge in [-0.2, -0.15) is 0 Å². The SMILES string of the molecule is CN(CCc1cccs1)CC(O)CCN. The molecule has 15 heavy (non-hydrogen) atoms. The largest absolute Gasteiger partial charge is 0.392 e. The number of nitrogens with zero attached hydrogens (tertiary/aromatic N) is 1. The highest BCUT2D eigenvalue weighted by atomic mass is 32.1. The van der Waals surface area contributed by atoms with Crippen LogP contribution < -0.4 is 5.73 Å². The van der Waals surface area contributed by atoms with Gasteiger partial charge >= 0.3 is 0 Å². The van der Waals surface area contributed by atoms with Crippen molar-refractivity contribution in [1.29, 1.82) is 0 Å². The molecule has 0 saturated heterocycles. The van der Waals surface area contributed by atoms with Crippen LogP contribution in [0.5, 0.6) is 0 Å². The summed E-state index contributed by atoms with van der Waals surface area (Å²) in [7, 11) is 2.04. The molecule has 3 N–H and O–H groups in total. The summed E-state index contributed by atoms with van der Waals surface area (Å²) in [6.45, 7) is 2.25. The van der Waals surface area contributed by atoms with Gasteiger partial charge < -0.3 is 15.7 Å². The molecule has 0 bridgehead atoms.